The zero-order valence-corrected chi connectivity index (χ0v) is 13.9. The summed E-state index contributed by atoms with van der Waals surface area (Å²) in [6.45, 7) is 4.25. The van der Waals surface area contributed by atoms with Crippen LogP contribution in [0.3, 0.4) is 0 Å². The van der Waals surface area contributed by atoms with Crippen molar-refractivity contribution in [1.29, 1.82) is 0 Å². The molecule has 122 valence electrons. The zero-order chi connectivity index (χ0) is 16.0. The first-order valence-electron chi connectivity index (χ1n) is 7.58. The molecule has 0 spiro atoms. The molecule has 1 aliphatic heterocycles. The molecule has 1 aliphatic rings. The van der Waals surface area contributed by atoms with E-state index in [9.17, 15) is 18.0 Å². The second-order valence-electron chi connectivity index (χ2n) is 5.67. The Morgan fingerprint density at radius 1 is 1.14 bits per heavy atom. The molecular weight excluding hydrogens is 292 g/mol. The lowest BCUT2D eigenvalue weighted by Gasteiger charge is -2.39. The number of carbonyl (C=O) groups is 2. The minimum atomic E-state index is -3.05. The van der Waals surface area contributed by atoms with E-state index in [4.69, 9.17) is 0 Å². The van der Waals surface area contributed by atoms with Crippen LogP contribution in [-0.2, 0) is 19.4 Å². The van der Waals surface area contributed by atoms with Crippen LogP contribution in [0.5, 0.6) is 0 Å². The van der Waals surface area contributed by atoms with E-state index >= 15 is 0 Å². The monoisotopic (exact) mass is 318 g/mol. The van der Waals surface area contributed by atoms with Crippen LogP contribution in [0.1, 0.15) is 46.0 Å². The minimum absolute atomic E-state index is 0.0374. The molecule has 1 rings (SSSR count). The van der Waals surface area contributed by atoms with E-state index in [0.717, 1.165) is 12.8 Å². The maximum atomic E-state index is 12.5. The fourth-order valence-electron chi connectivity index (χ4n) is 2.63. The average Bonchev–Trinajstić information content (AvgIpc) is 2.37. The number of sulfone groups is 1. The Balaban J connectivity index is 2.79. The Hall–Kier alpha value is -1.11. The van der Waals surface area contributed by atoms with Gasteiger partial charge in [0, 0.05) is 12.8 Å². The van der Waals surface area contributed by atoms with Crippen LogP contribution in [0.15, 0.2) is 0 Å². The molecule has 1 N–H and O–H groups in total. The van der Waals surface area contributed by atoms with Gasteiger partial charge in [-0.3, -0.25) is 9.59 Å². The molecule has 1 heterocycles. The third-order valence-corrected chi connectivity index (χ3v) is 4.66. The van der Waals surface area contributed by atoms with Crippen molar-refractivity contribution < 1.29 is 18.0 Å². The highest BCUT2D eigenvalue weighted by Gasteiger charge is 2.39. The molecule has 2 amide bonds. The van der Waals surface area contributed by atoms with Crippen molar-refractivity contribution in [3.8, 4) is 0 Å². The molecule has 21 heavy (non-hydrogen) atoms. The number of hydrogen-bond donors (Lipinski definition) is 1. The third kappa shape index (κ3) is 5.30. The van der Waals surface area contributed by atoms with Crippen LogP contribution in [0.2, 0.25) is 0 Å². The Morgan fingerprint density at radius 2 is 1.76 bits per heavy atom. The highest BCUT2D eigenvalue weighted by molar-refractivity contribution is 7.90. The summed E-state index contributed by atoms with van der Waals surface area (Å²) in [4.78, 5) is 26.2. The Kier molecular flexibility index (Phi) is 6.64. The fourth-order valence-corrected chi connectivity index (χ4v) is 3.29. The van der Waals surface area contributed by atoms with Gasteiger partial charge in [0.1, 0.15) is 21.9 Å². The van der Waals surface area contributed by atoms with Gasteiger partial charge in [-0.15, -0.1) is 0 Å². The van der Waals surface area contributed by atoms with Crippen LogP contribution in [0.25, 0.3) is 0 Å². The molecule has 1 fully saturated rings. The van der Waals surface area contributed by atoms with Gasteiger partial charge in [-0.2, -0.15) is 0 Å². The SMILES string of the molecule is CCCC1NC(=O)C(CCC)N(CCCS(C)(=O)=O)C1=O. The minimum Gasteiger partial charge on any atom is -0.343 e. The summed E-state index contributed by atoms with van der Waals surface area (Å²) >= 11 is 0. The first kappa shape index (κ1) is 17.9. The molecule has 0 saturated carbocycles. The van der Waals surface area contributed by atoms with Crippen LogP contribution < -0.4 is 5.32 Å². The number of amides is 2. The number of nitrogens with one attached hydrogen (secondary N) is 1. The van der Waals surface area contributed by atoms with E-state index in [2.05, 4.69) is 5.32 Å². The lowest BCUT2D eigenvalue weighted by Crippen LogP contribution is -2.63. The van der Waals surface area contributed by atoms with Crippen LogP contribution in [0, 0.1) is 0 Å². The van der Waals surface area contributed by atoms with Crippen LogP contribution in [0.4, 0.5) is 0 Å². The van der Waals surface area contributed by atoms with E-state index in [1.54, 1.807) is 4.90 Å². The molecule has 0 radical (unpaired) electrons. The molecular formula is C14H26N2O4S. The average molecular weight is 318 g/mol. The molecule has 6 nitrogen and oxygen atoms in total. The lowest BCUT2D eigenvalue weighted by molar-refractivity contribution is -0.149. The van der Waals surface area contributed by atoms with Crippen molar-refractivity contribution >= 4 is 21.7 Å². The van der Waals surface area contributed by atoms with Gasteiger partial charge in [0.2, 0.25) is 11.8 Å². The van der Waals surface area contributed by atoms with Gasteiger partial charge in [0.05, 0.1) is 5.75 Å². The fraction of sp³-hybridized carbons (Fsp3) is 0.857. The van der Waals surface area contributed by atoms with Gasteiger partial charge in [-0.1, -0.05) is 26.7 Å². The maximum Gasteiger partial charge on any atom is 0.245 e. The summed E-state index contributed by atoms with van der Waals surface area (Å²) in [5.41, 5.74) is 0. The largest absolute Gasteiger partial charge is 0.343 e. The van der Waals surface area contributed by atoms with Crippen molar-refractivity contribution in [2.24, 2.45) is 0 Å². The molecule has 0 aromatic heterocycles. The number of hydrogen-bond acceptors (Lipinski definition) is 4. The van der Waals surface area contributed by atoms with E-state index < -0.39 is 21.9 Å². The second-order valence-corrected chi connectivity index (χ2v) is 7.93. The van der Waals surface area contributed by atoms with Gasteiger partial charge in [-0.05, 0) is 19.3 Å². The predicted molar refractivity (Wildman–Crippen MR) is 81.6 cm³/mol. The maximum absolute atomic E-state index is 12.5. The number of piperazine rings is 1. The summed E-state index contributed by atoms with van der Waals surface area (Å²) < 4.78 is 22.4. The van der Waals surface area contributed by atoms with E-state index in [1.807, 2.05) is 13.8 Å². The standard InChI is InChI=1S/C14H26N2O4S/c1-4-7-11-14(18)16(9-6-10-21(3,19)20)12(8-5-2)13(17)15-11/h11-12H,4-10H2,1-3H3,(H,15,17). The first-order valence-corrected chi connectivity index (χ1v) is 9.64. The molecule has 0 aromatic carbocycles. The molecule has 0 bridgehead atoms. The highest BCUT2D eigenvalue weighted by Crippen LogP contribution is 2.17. The molecule has 0 aliphatic carbocycles. The smallest absolute Gasteiger partial charge is 0.245 e. The topological polar surface area (TPSA) is 83.6 Å². The highest BCUT2D eigenvalue weighted by atomic mass is 32.2. The van der Waals surface area contributed by atoms with Crippen molar-refractivity contribution in [3.05, 3.63) is 0 Å². The van der Waals surface area contributed by atoms with E-state index in [0.29, 0.717) is 25.8 Å². The van der Waals surface area contributed by atoms with Crippen molar-refractivity contribution in [2.45, 2.75) is 58.0 Å². The molecule has 7 heteroatoms. The summed E-state index contributed by atoms with van der Waals surface area (Å²) in [5, 5.41) is 2.79. The number of rotatable bonds is 8. The quantitative estimate of drug-likeness (QED) is 0.714. The van der Waals surface area contributed by atoms with E-state index in [-0.39, 0.29) is 17.6 Å². The number of carbonyl (C=O) groups excluding carboxylic acids is 2. The lowest BCUT2D eigenvalue weighted by atomic mass is 10.0. The Labute approximate surface area is 127 Å². The van der Waals surface area contributed by atoms with E-state index in [1.165, 1.54) is 6.26 Å². The number of nitrogens with zero attached hydrogens (tertiary/aromatic N) is 1. The Bertz CT molecular complexity index is 475. The molecule has 1 saturated heterocycles. The van der Waals surface area contributed by atoms with Gasteiger partial charge >= 0.3 is 0 Å². The van der Waals surface area contributed by atoms with Gasteiger partial charge in [0.15, 0.2) is 0 Å². The van der Waals surface area contributed by atoms with Gasteiger partial charge in [-0.25, -0.2) is 8.42 Å². The molecule has 0 aromatic rings. The third-order valence-electron chi connectivity index (χ3n) is 3.63. The van der Waals surface area contributed by atoms with Crippen LogP contribution in [-0.4, -0.2) is 55.8 Å². The molecule has 2 unspecified atom stereocenters. The zero-order valence-electron chi connectivity index (χ0n) is 13.1. The summed E-state index contributed by atoms with van der Waals surface area (Å²) in [6, 6.07) is -0.927. The Morgan fingerprint density at radius 3 is 2.29 bits per heavy atom. The normalized spacial score (nSPS) is 23.3. The second kappa shape index (κ2) is 7.77. The summed E-state index contributed by atoms with van der Waals surface area (Å²) in [5.74, 6) is -0.159. The molecule has 2 atom stereocenters. The predicted octanol–water partition coefficient (Wildman–Crippen LogP) is 0.717. The first-order chi connectivity index (χ1) is 9.80. The van der Waals surface area contributed by atoms with Crippen LogP contribution >= 0.6 is 0 Å². The van der Waals surface area contributed by atoms with Crippen molar-refractivity contribution in [3.63, 3.8) is 0 Å². The summed E-state index contributed by atoms with van der Waals surface area (Å²) in [7, 11) is -3.05. The summed E-state index contributed by atoms with van der Waals surface area (Å²) in [6.07, 6.45) is 4.39. The van der Waals surface area contributed by atoms with Crippen molar-refractivity contribution in [2.75, 3.05) is 18.6 Å². The van der Waals surface area contributed by atoms with Crippen molar-refractivity contribution in [1.82, 2.24) is 10.2 Å². The van der Waals surface area contributed by atoms with Gasteiger partial charge < -0.3 is 10.2 Å². The van der Waals surface area contributed by atoms with Gasteiger partial charge in [0.25, 0.3) is 0 Å².